The van der Waals surface area contributed by atoms with Crippen LogP contribution in [0.25, 0.3) is 0 Å². The van der Waals surface area contributed by atoms with Crippen LogP contribution in [0.5, 0.6) is 0 Å². The first-order valence-corrected chi connectivity index (χ1v) is 10.9. The maximum atomic E-state index is 13.3. The first kappa shape index (κ1) is 19.4. The largest absolute Gasteiger partial charge is 0.314 e. The highest BCUT2D eigenvalue weighted by Crippen LogP contribution is 2.40. The summed E-state index contributed by atoms with van der Waals surface area (Å²) in [5, 5.41) is 0.476. The molecular formula is C23H18ClNO3S. The molecule has 0 saturated carbocycles. The predicted octanol–water partition coefficient (Wildman–Crippen LogP) is 5.61. The van der Waals surface area contributed by atoms with E-state index in [4.69, 9.17) is 11.6 Å². The molecule has 0 aromatic heterocycles. The van der Waals surface area contributed by atoms with E-state index >= 15 is 0 Å². The fraction of sp³-hybridized carbons (Fsp3) is 0.0870. The van der Waals surface area contributed by atoms with Crippen LogP contribution in [0, 0.1) is 13.8 Å². The summed E-state index contributed by atoms with van der Waals surface area (Å²) in [5.74, 6) is -0.564. The molecule has 6 heteroatoms. The molecule has 0 atom stereocenters. The number of nitrogens with zero attached hydrogens (tertiary/aromatic N) is 1. The van der Waals surface area contributed by atoms with Gasteiger partial charge in [0.05, 0.1) is 10.6 Å². The fourth-order valence-corrected chi connectivity index (χ4v) is 5.15. The molecule has 0 bridgehead atoms. The van der Waals surface area contributed by atoms with E-state index in [1.165, 1.54) is 24.4 Å². The average Bonchev–Trinajstić information content (AvgIpc) is 2.67. The van der Waals surface area contributed by atoms with Crippen molar-refractivity contribution in [3.8, 4) is 0 Å². The number of fused-ring (bicyclic) bond motifs is 1. The van der Waals surface area contributed by atoms with Crippen LogP contribution in [0.3, 0.4) is 0 Å². The van der Waals surface area contributed by atoms with Gasteiger partial charge in [-0.1, -0.05) is 29.8 Å². The number of hydrogen-bond acceptors (Lipinski definition) is 4. The van der Waals surface area contributed by atoms with E-state index in [0.29, 0.717) is 10.7 Å². The van der Waals surface area contributed by atoms with E-state index in [2.05, 4.69) is 0 Å². The van der Waals surface area contributed by atoms with Gasteiger partial charge in [0.1, 0.15) is 4.91 Å². The molecule has 1 heterocycles. The van der Waals surface area contributed by atoms with Gasteiger partial charge in [-0.2, -0.15) is 0 Å². The van der Waals surface area contributed by atoms with Gasteiger partial charge in [0, 0.05) is 22.5 Å². The van der Waals surface area contributed by atoms with E-state index in [-0.39, 0.29) is 15.4 Å². The summed E-state index contributed by atoms with van der Waals surface area (Å²) in [6.07, 6.45) is 1.42. The summed E-state index contributed by atoms with van der Waals surface area (Å²) in [4.78, 5) is 14.7. The normalized spacial score (nSPS) is 14.9. The number of para-hydroxylation sites is 1. The molecule has 0 radical (unpaired) electrons. The number of rotatable bonds is 3. The quantitative estimate of drug-likeness (QED) is 0.514. The van der Waals surface area contributed by atoms with Crippen LogP contribution in [0.4, 0.5) is 11.4 Å². The molecule has 0 fully saturated rings. The molecule has 0 amide bonds. The summed E-state index contributed by atoms with van der Waals surface area (Å²) in [6, 6.07) is 18.9. The molecule has 0 aliphatic carbocycles. The zero-order chi connectivity index (χ0) is 20.8. The number of benzene rings is 3. The number of carbonyl (C=O) groups excluding carboxylic acids is 1. The van der Waals surface area contributed by atoms with Gasteiger partial charge in [-0.3, -0.25) is 4.79 Å². The van der Waals surface area contributed by atoms with E-state index in [0.717, 1.165) is 16.8 Å². The highest BCUT2D eigenvalue weighted by molar-refractivity contribution is 7.96. The van der Waals surface area contributed by atoms with Crippen LogP contribution in [0.2, 0.25) is 5.02 Å². The molecule has 29 heavy (non-hydrogen) atoms. The molecule has 0 N–H and O–H groups in total. The molecular weight excluding hydrogens is 406 g/mol. The number of halogens is 1. The minimum atomic E-state index is -3.96. The Bertz CT molecular complexity index is 1240. The second kappa shape index (κ2) is 7.17. The Morgan fingerprint density at radius 2 is 1.52 bits per heavy atom. The van der Waals surface area contributed by atoms with Crippen molar-refractivity contribution in [3.05, 3.63) is 99.5 Å². The lowest BCUT2D eigenvalue weighted by atomic mass is 10.1. The Hall–Kier alpha value is -2.89. The third-order valence-corrected chi connectivity index (χ3v) is 6.81. The monoisotopic (exact) mass is 423 g/mol. The molecule has 3 aromatic rings. The number of hydrogen-bond donors (Lipinski definition) is 0. The summed E-state index contributed by atoms with van der Waals surface area (Å²) < 4.78 is 26.5. The van der Waals surface area contributed by atoms with Crippen molar-refractivity contribution in [1.29, 1.82) is 0 Å². The van der Waals surface area contributed by atoms with Gasteiger partial charge in [0.15, 0.2) is 0 Å². The molecule has 146 valence electrons. The number of anilines is 2. The van der Waals surface area contributed by atoms with Crippen molar-refractivity contribution in [1.82, 2.24) is 0 Å². The number of sulfone groups is 1. The van der Waals surface area contributed by atoms with Crippen molar-refractivity contribution >= 4 is 38.6 Å². The highest BCUT2D eigenvalue weighted by Gasteiger charge is 2.36. The Kier molecular flexibility index (Phi) is 4.81. The summed E-state index contributed by atoms with van der Waals surface area (Å²) in [6.45, 7) is 3.96. The average molecular weight is 424 g/mol. The lowest BCUT2D eigenvalue weighted by Gasteiger charge is -2.29. The molecule has 1 aliphatic rings. The number of aryl methyl sites for hydroxylation is 2. The van der Waals surface area contributed by atoms with Gasteiger partial charge in [0.25, 0.3) is 0 Å². The van der Waals surface area contributed by atoms with Crippen LogP contribution in [-0.4, -0.2) is 14.2 Å². The van der Waals surface area contributed by atoms with Crippen molar-refractivity contribution in [2.75, 3.05) is 4.90 Å². The molecule has 0 spiro atoms. The van der Waals surface area contributed by atoms with Crippen LogP contribution in [0.15, 0.2) is 82.7 Å². The van der Waals surface area contributed by atoms with Crippen molar-refractivity contribution in [2.24, 2.45) is 0 Å². The Balaban J connectivity index is 1.93. The molecule has 0 unspecified atom stereocenters. The van der Waals surface area contributed by atoms with Crippen LogP contribution < -0.4 is 4.90 Å². The molecule has 3 aromatic carbocycles. The first-order chi connectivity index (χ1) is 13.8. The predicted molar refractivity (Wildman–Crippen MR) is 116 cm³/mol. The summed E-state index contributed by atoms with van der Waals surface area (Å²) in [7, 11) is -3.96. The smallest absolute Gasteiger partial charge is 0.214 e. The zero-order valence-corrected chi connectivity index (χ0v) is 17.5. The van der Waals surface area contributed by atoms with Gasteiger partial charge in [0.2, 0.25) is 15.6 Å². The van der Waals surface area contributed by atoms with Crippen molar-refractivity contribution in [2.45, 2.75) is 18.7 Å². The topological polar surface area (TPSA) is 54.5 Å². The molecule has 1 aliphatic heterocycles. The van der Waals surface area contributed by atoms with Crippen LogP contribution in [-0.2, 0) is 9.84 Å². The third-order valence-electron chi connectivity index (χ3n) is 4.77. The van der Waals surface area contributed by atoms with Crippen molar-refractivity contribution in [3.63, 3.8) is 0 Å². The second-order valence-electron chi connectivity index (χ2n) is 7.02. The number of ketones is 1. The van der Waals surface area contributed by atoms with Gasteiger partial charge in [-0.15, -0.1) is 0 Å². The SMILES string of the molecule is Cc1cc(C)cc(N2C=C(C(=O)c3ccc(Cl)cc3)S(=O)(=O)c3ccccc32)c1. The number of carbonyl (C=O) groups is 1. The highest BCUT2D eigenvalue weighted by atomic mass is 35.5. The van der Waals surface area contributed by atoms with E-state index in [1.807, 2.05) is 32.0 Å². The second-order valence-corrected chi connectivity index (χ2v) is 9.34. The van der Waals surface area contributed by atoms with Gasteiger partial charge in [-0.25, -0.2) is 8.42 Å². The van der Waals surface area contributed by atoms with E-state index in [9.17, 15) is 13.2 Å². The lowest BCUT2D eigenvalue weighted by molar-refractivity contribution is 0.104. The Morgan fingerprint density at radius 1 is 0.897 bits per heavy atom. The van der Waals surface area contributed by atoms with Crippen molar-refractivity contribution < 1.29 is 13.2 Å². The maximum absolute atomic E-state index is 13.3. The molecule has 4 rings (SSSR count). The zero-order valence-electron chi connectivity index (χ0n) is 15.9. The van der Waals surface area contributed by atoms with Crippen LogP contribution >= 0.6 is 11.6 Å². The standard InChI is InChI=1S/C23H18ClNO3S/c1-15-11-16(2)13-19(12-15)25-14-22(23(26)17-7-9-18(24)10-8-17)29(27,28)21-6-4-3-5-20(21)25/h3-14H,1-2H3. The van der Waals surface area contributed by atoms with E-state index < -0.39 is 15.6 Å². The third kappa shape index (κ3) is 3.48. The van der Waals surface area contributed by atoms with E-state index in [1.54, 1.807) is 35.2 Å². The fourth-order valence-electron chi connectivity index (χ4n) is 3.49. The number of allylic oxidation sites excluding steroid dienone is 1. The minimum Gasteiger partial charge on any atom is -0.314 e. The minimum absolute atomic E-state index is 0.110. The first-order valence-electron chi connectivity index (χ1n) is 9.01. The van der Waals surface area contributed by atoms with Gasteiger partial charge in [-0.05, 0) is 73.5 Å². The molecule has 4 nitrogen and oxygen atoms in total. The Labute approximate surface area is 175 Å². The summed E-state index contributed by atoms with van der Waals surface area (Å²) in [5.41, 5.74) is 3.68. The number of Topliss-reactive ketones (excluding diaryl/α,β-unsaturated/α-hetero) is 1. The summed E-state index contributed by atoms with van der Waals surface area (Å²) >= 11 is 5.91. The lowest BCUT2D eigenvalue weighted by Crippen LogP contribution is -2.25. The van der Waals surface area contributed by atoms with Gasteiger partial charge >= 0.3 is 0 Å². The maximum Gasteiger partial charge on any atom is 0.214 e. The van der Waals surface area contributed by atoms with Crippen LogP contribution in [0.1, 0.15) is 21.5 Å². The van der Waals surface area contributed by atoms with Gasteiger partial charge < -0.3 is 4.90 Å². The Morgan fingerprint density at radius 3 is 2.17 bits per heavy atom. The molecule has 0 saturated heterocycles.